The van der Waals surface area contributed by atoms with Gasteiger partial charge in [-0.05, 0) is 50.4 Å². The number of hydrogen-bond acceptors (Lipinski definition) is 1. The highest BCUT2D eigenvalue weighted by Crippen LogP contribution is 2.43. The van der Waals surface area contributed by atoms with Crippen molar-refractivity contribution < 1.29 is 0 Å². The van der Waals surface area contributed by atoms with Crippen LogP contribution >= 0.6 is 0 Å². The molecule has 1 N–H and O–H groups in total. The summed E-state index contributed by atoms with van der Waals surface area (Å²) >= 11 is 0. The van der Waals surface area contributed by atoms with Gasteiger partial charge in [-0.2, -0.15) is 0 Å². The van der Waals surface area contributed by atoms with Crippen molar-refractivity contribution in [2.45, 2.75) is 57.5 Å². The molecular formula is C14H23N. The van der Waals surface area contributed by atoms with Gasteiger partial charge in [0.2, 0.25) is 0 Å². The maximum atomic E-state index is 3.88. The van der Waals surface area contributed by atoms with Crippen molar-refractivity contribution in [1.29, 1.82) is 0 Å². The molecule has 2 saturated carbocycles. The summed E-state index contributed by atoms with van der Waals surface area (Å²) in [6, 6.07) is 1.57. The molecule has 0 spiro atoms. The number of hydrogen-bond donors (Lipinski definition) is 1. The Hall–Kier alpha value is -0.300. The molecule has 0 bridgehead atoms. The third-order valence-corrected chi connectivity index (χ3v) is 4.95. The first kappa shape index (κ1) is 9.89. The molecule has 3 aliphatic rings. The van der Waals surface area contributed by atoms with Gasteiger partial charge in [0.25, 0.3) is 0 Å². The van der Waals surface area contributed by atoms with Crippen LogP contribution in [0.2, 0.25) is 0 Å². The number of nitrogens with one attached hydrogen (secondary N) is 1. The zero-order chi connectivity index (χ0) is 10.3. The van der Waals surface area contributed by atoms with Crippen LogP contribution in [0.4, 0.5) is 0 Å². The summed E-state index contributed by atoms with van der Waals surface area (Å²) in [6.45, 7) is 2.40. The Morgan fingerprint density at radius 3 is 2.80 bits per heavy atom. The highest BCUT2D eigenvalue weighted by molar-refractivity contribution is 5.13. The van der Waals surface area contributed by atoms with Crippen molar-refractivity contribution in [3.63, 3.8) is 0 Å². The molecule has 0 heterocycles. The molecule has 4 atom stereocenters. The summed E-state index contributed by atoms with van der Waals surface area (Å²) in [5.74, 6) is 2.85. The Labute approximate surface area is 93.3 Å². The van der Waals surface area contributed by atoms with E-state index < -0.39 is 0 Å². The van der Waals surface area contributed by atoms with Crippen LogP contribution in [0.5, 0.6) is 0 Å². The zero-order valence-corrected chi connectivity index (χ0v) is 9.78. The van der Waals surface area contributed by atoms with Crippen LogP contribution < -0.4 is 5.32 Å². The minimum absolute atomic E-state index is 0.757. The maximum Gasteiger partial charge on any atom is 0.0138 e. The van der Waals surface area contributed by atoms with Crippen LogP contribution in [0.25, 0.3) is 0 Å². The molecular weight excluding hydrogens is 182 g/mol. The van der Waals surface area contributed by atoms with E-state index in [1.165, 1.54) is 38.5 Å². The summed E-state index contributed by atoms with van der Waals surface area (Å²) < 4.78 is 0. The Kier molecular flexibility index (Phi) is 2.59. The van der Waals surface area contributed by atoms with E-state index in [0.29, 0.717) is 0 Å². The van der Waals surface area contributed by atoms with E-state index in [4.69, 9.17) is 0 Å². The van der Waals surface area contributed by atoms with Gasteiger partial charge >= 0.3 is 0 Å². The van der Waals surface area contributed by atoms with Crippen LogP contribution in [-0.4, -0.2) is 12.1 Å². The molecule has 0 saturated heterocycles. The topological polar surface area (TPSA) is 12.0 Å². The summed E-state index contributed by atoms with van der Waals surface area (Å²) in [7, 11) is 0. The van der Waals surface area contributed by atoms with Crippen molar-refractivity contribution in [3.8, 4) is 0 Å². The van der Waals surface area contributed by atoms with Gasteiger partial charge in [-0.15, -0.1) is 0 Å². The lowest BCUT2D eigenvalue weighted by Gasteiger charge is -2.43. The van der Waals surface area contributed by atoms with Gasteiger partial charge in [0, 0.05) is 12.1 Å². The molecule has 4 unspecified atom stereocenters. The van der Waals surface area contributed by atoms with E-state index in [1.807, 2.05) is 0 Å². The first-order chi connectivity index (χ1) is 7.34. The molecule has 15 heavy (non-hydrogen) atoms. The SMILES string of the molecule is CC(NC1CC2CC=CC21)C1CCCC1. The number of fused-ring (bicyclic) bond motifs is 1. The number of rotatable bonds is 3. The van der Waals surface area contributed by atoms with Crippen molar-refractivity contribution in [2.24, 2.45) is 17.8 Å². The van der Waals surface area contributed by atoms with Gasteiger partial charge in [0.15, 0.2) is 0 Å². The van der Waals surface area contributed by atoms with Gasteiger partial charge in [-0.25, -0.2) is 0 Å². The Morgan fingerprint density at radius 2 is 2.07 bits per heavy atom. The standard InChI is InChI=1S/C14H23N/c1-10(11-5-2-3-6-11)15-14-9-12-7-4-8-13(12)14/h4,8,10-15H,2-3,5-7,9H2,1H3. The van der Waals surface area contributed by atoms with E-state index in [9.17, 15) is 0 Å². The van der Waals surface area contributed by atoms with Gasteiger partial charge < -0.3 is 5.32 Å². The fourth-order valence-corrected chi connectivity index (χ4v) is 3.84. The summed E-state index contributed by atoms with van der Waals surface area (Å²) in [6.07, 6.45) is 13.5. The highest BCUT2D eigenvalue weighted by Gasteiger charge is 2.41. The lowest BCUT2D eigenvalue weighted by atomic mass is 9.71. The fourth-order valence-electron chi connectivity index (χ4n) is 3.84. The van der Waals surface area contributed by atoms with Gasteiger partial charge in [0.1, 0.15) is 0 Å². The highest BCUT2D eigenvalue weighted by atomic mass is 15.0. The Balaban J connectivity index is 1.50. The molecule has 0 aromatic carbocycles. The van der Waals surface area contributed by atoms with Gasteiger partial charge in [-0.3, -0.25) is 0 Å². The maximum absolute atomic E-state index is 3.88. The van der Waals surface area contributed by atoms with E-state index in [0.717, 1.165) is 29.8 Å². The first-order valence-corrected chi connectivity index (χ1v) is 6.77. The molecule has 0 amide bonds. The van der Waals surface area contributed by atoms with Crippen LogP contribution in [-0.2, 0) is 0 Å². The average Bonchev–Trinajstić information content (AvgIpc) is 2.82. The largest absolute Gasteiger partial charge is 0.311 e. The third kappa shape index (κ3) is 1.75. The van der Waals surface area contributed by atoms with E-state index in [1.54, 1.807) is 0 Å². The predicted molar refractivity (Wildman–Crippen MR) is 63.7 cm³/mol. The predicted octanol–water partition coefficient (Wildman–Crippen LogP) is 3.12. The molecule has 0 aromatic heterocycles. The molecule has 0 aliphatic heterocycles. The van der Waals surface area contributed by atoms with Gasteiger partial charge in [-0.1, -0.05) is 25.0 Å². The molecule has 2 fully saturated rings. The van der Waals surface area contributed by atoms with Crippen LogP contribution in [0, 0.1) is 17.8 Å². The summed E-state index contributed by atoms with van der Waals surface area (Å²) in [4.78, 5) is 0. The van der Waals surface area contributed by atoms with Crippen LogP contribution in [0.3, 0.4) is 0 Å². The van der Waals surface area contributed by atoms with Crippen molar-refractivity contribution >= 4 is 0 Å². The van der Waals surface area contributed by atoms with Crippen LogP contribution in [0.15, 0.2) is 12.2 Å². The van der Waals surface area contributed by atoms with Gasteiger partial charge in [0.05, 0.1) is 0 Å². The van der Waals surface area contributed by atoms with Crippen LogP contribution in [0.1, 0.15) is 45.4 Å². The summed E-state index contributed by atoms with van der Waals surface area (Å²) in [5, 5.41) is 3.88. The monoisotopic (exact) mass is 205 g/mol. The van der Waals surface area contributed by atoms with E-state index >= 15 is 0 Å². The minimum atomic E-state index is 0.757. The number of allylic oxidation sites excluding steroid dienone is 1. The molecule has 84 valence electrons. The van der Waals surface area contributed by atoms with Crippen molar-refractivity contribution in [1.82, 2.24) is 5.32 Å². The second-order valence-corrected chi connectivity index (χ2v) is 5.84. The normalized spacial score (nSPS) is 41.5. The summed E-state index contributed by atoms with van der Waals surface area (Å²) in [5.41, 5.74) is 0. The second kappa shape index (κ2) is 3.93. The lowest BCUT2D eigenvalue weighted by molar-refractivity contribution is 0.140. The Bertz CT molecular complexity index is 252. The molecule has 0 radical (unpaired) electrons. The molecule has 3 aliphatic carbocycles. The quantitative estimate of drug-likeness (QED) is 0.698. The van der Waals surface area contributed by atoms with Crippen molar-refractivity contribution in [3.05, 3.63) is 12.2 Å². The minimum Gasteiger partial charge on any atom is -0.311 e. The molecule has 1 heteroatoms. The second-order valence-electron chi connectivity index (χ2n) is 5.84. The lowest BCUT2D eigenvalue weighted by Crippen LogP contribution is -2.52. The molecule has 3 rings (SSSR count). The Morgan fingerprint density at radius 1 is 1.27 bits per heavy atom. The average molecular weight is 205 g/mol. The van der Waals surface area contributed by atoms with Crippen molar-refractivity contribution in [2.75, 3.05) is 0 Å². The molecule has 0 aromatic rings. The zero-order valence-electron chi connectivity index (χ0n) is 9.78. The fraction of sp³-hybridized carbons (Fsp3) is 0.857. The first-order valence-electron chi connectivity index (χ1n) is 6.77. The van der Waals surface area contributed by atoms with E-state index in [2.05, 4.69) is 24.4 Å². The van der Waals surface area contributed by atoms with E-state index in [-0.39, 0.29) is 0 Å². The third-order valence-electron chi connectivity index (χ3n) is 4.95. The smallest absolute Gasteiger partial charge is 0.0138 e. The molecule has 1 nitrogen and oxygen atoms in total.